The highest BCUT2D eigenvalue weighted by atomic mass is 35.5. The Morgan fingerprint density at radius 2 is 2.09 bits per heavy atom. The highest BCUT2D eigenvalue weighted by Gasteiger charge is 2.33. The summed E-state index contributed by atoms with van der Waals surface area (Å²) in [5.74, 6) is -0.0364. The molecule has 0 saturated carbocycles. The molecule has 4 nitrogen and oxygen atoms in total. The van der Waals surface area contributed by atoms with Gasteiger partial charge in [0.25, 0.3) is 0 Å². The molecule has 1 aromatic rings. The van der Waals surface area contributed by atoms with Crippen LogP contribution in [0.15, 0.2) is 24.3 Å². The molecule has 0 aromatic heterocycles. The molecule has 1 fully saturated rings. The second-order valence-corrected chi connectivity index (χ2v) is 7.22. The molecular formula is C16H22ClN3OS. The van der Waals surface area contributed by atoms with Crippen molar-refractivity contribution in [3.05, 3.63) is 34.9 Å². The molecule has 2 N–H and O–H groups in total. The zero-order chi connectivity index (χ0) is 16.3. The van der Waals surface area contributed by atoms with Crippen molar-refractivity contribution < 1.29 is 4.79 Å². The van der Waals surface area contributed by atoms with Crippen LogP contribution in [0.4, 0.5) is 0 Å². The van der Waals surface area contributed by atoms with Gasteiger partial charge in [-0.1, -0.05) is 23.7 Å². The van der Waals surface area contributed by atoms with Crippen LogP contribution in [0.25, 0.3) is 0 Å². The van der Waals surface area contributed by atoms with Crippen molar-refractivity contribution in [2.75, 3.05) is 6.54 Å². The molecule has 1 saturated heterocycles. The molecule has 1 aliphatic rings. The molecule has 1 heterocycles. The summed E-state index contributed by atoms with van der Waals surface area (Å²) in [6, 6.07) is 7.68. The van der Waals surface area contributed by atoms with Gasteiger partial charge in [0.1, 0.15) is 0 Å². The maximum Gasteiger partial charge on any atom is 0.239 e. The number of carbonyl (C=O) groups is 1. The maximum atomic E-state index is 12.1. The van der Waals surface area contributed by atoms with Crippen LogP contribution in [0.1, 0.15) is 32.8 Å². The second kappa shape index (κ2) is 6.84. The molecule has 0 bridgehead atoms. The molecule has 0 aliphatic carbocycles. The van der Waals surface area contributed by atoms with Crippen LogP contribution in [-0.4, -0.2) is 34.0 Å². The number of hydrogen-bond acceptors (Lipinski definition) is 2. The van der Waals surface area contributed by atoms with Crippen LogP contribution in [0.3, 0.4) is 0 Å². The molecule has 1 atom stereocenters. The van der Waals surface area contributed by atoms with Gasteiger partial charge in [0, 0.05) is 23.1 Å². The molecule has 0 radical (unpaired) electrons. The van der Waals surface area contributed by atoms with E-state index in [-0.39, 0.29) is 24.0 Å². The Hall–Kier alpha value is -1.33. The van der Waals surface area contributed by atoms with Crippen molar-refractivity contribution >= 4 is 34.8 Å². The Kier molecular flexibility index (Phi) is 5.29. The summed E-state index contributed by atoms with van der Waals surface area (Å²) in [7, 11) is 0. The number of hydrogen-bond donors (Lipinski definition) is 2. The average Bonchev–Trinajstić information content (AvgIpc) is 2.41. The van der Waals surface area contributed by atoms with Crippen molar-refractivity contribution in [1.82, 2.24) is 15.5 Å². The van der Waals surface area contributed by atoms with E-state index < -0.39 is 0 Å². The van der Waals surface area contributed by atoms with Gasteiger partial charge in [-0.3, -0.25) is 4.79 Å². The minimum absolute atomic E-state index is 0.0210. The number of thiocarbonyl (C=S) groups is 1. The first-order valence-electron chi connectivity index (χ1n) is 7.37. The lowest BCUT2D eigenvalue weighted by Crippen LogP contribution is -2.61. The van der Waals surface area contributed by atoms with Gasteiger partial charge < -0.3 is 15.5 Å². The quantitative estimate of drug-likeness (QED) is 0.828. The van der Waals surface area contributed by atoms with Gasteiger partial charge in [-0.05, 0) is 57.1 Å². The fourth-order valence-corrected chi connectivity index (χ4v) is 3.35. The number of nitrogens with one attached hydrogen (secondary N) is 2. The van der Waals surface area contributed by atoms with E-state index in [9.17, 15) is 4.79 Å². The zero-order valence-electron chi connectivity index (χ0n) is 13.1. The molecule has 120 valence electrons. The van der Waals surface area contributed by atoms with E-state index in [0.29, 0.717) is 16.7 Å². The highest BCUT2D eigenvalue weighted by molar-refractivity contribution is 7.80. The predicted octanol–water partition coefficient (Wildman–Crippen LogP) is 2.70. The molecule has 1 aliphatic heterocycles. The third kappa shape index (κ3) is 4.58. The molecule has 6 heteroatoms. The lowest BCUT2D eigenvalue weighted by molar-refractivity contribution is -0.122. The lowest BCUT2D eigenvalue weighted by Gasteiger charge is -2.44. The van der Waals surface area contributed by atoms with E-state index in [1.165, 1.54) is 0 Å². The van der Waals surface area contributed by atoms with Crippen molar-refractivity contribution in [3.63, 3.8) is 0 Å². The van der Waals surface area contributed by atoms with E-state index in [1.807, 2.05) is 29.2 Å². The number of halogens is 1. The van der Waals surface area contributed by atoms with Gasteiger partial charge in [0.2, 0.25) is 5.91 Å². The number of carbonyl (C=O) groups excluding carboxylic acids is 1. The van der Waals surface area contributed by atoms with Gasteiger partial charge in [0.15, 0.2) is 5.11 Å². The Bertz CT molecular complexity index is 559. The van der Waals surface area contributed by atoms with Gasteiger partial charge in [0.05, 0.1) is 6.54 Å². The largest absolute Gasteiger partial charge is 0.358 e. The predicted molar refractivity (Wildman–Crippen MR) is 93.9 cm³/mol. The molecule has 0 unspecified atom stereocenters. The van der Waals surface area contributed by atoms with Gasteiger partial charge in [-0.2, -0.15) is 0 Å². The summed E-state index contributed by atoms with van der Waals surface area (Å²) in [5.41, 5.74) is 0.999. The summed E-state index contributed by atoms with van der Waals surface area (Å²) in [6.45, 7) is 7.10. The highest BCUT2D eigenvalue weighted by Crippen LogP contribution is 2.21. The summed E-state index contributed by atoms with van der Waals surface area (Å²) >= 11 is 11.2. The summed E-state index contributed by atoms with van der Waals surface area (Å²) in [6.07, 6.45) is 0.942. The Morgan fingerprint density at radius 1 is 1.45 bits per heavy atom. The van der Waals surface area contributed by atoms with E-state index in [4.69, 9.17) is 23.8 Å². The molecular weight excluding hydrogens is 318 g/mol. The van der Waals surface area contributed by atoms with Gasteiger partial charge >= 0.3 is 0 Å². The van der Waals surface area contributed by atoms with E-state index in [1.54, 1.807) is 0 Å². The van der Waals surface area contributed by atoms with Crippen LogP contribution in [0, 0.1) is 0 Å². The summed E-state index contributed by atoms with van der Waals surface area (Å²) in [4.78, 5) is 14.1. The first kappa shape index (κ1) is 17.0. The SMILES string of the molecule is C[C@@H]1CC(C)(C)NC(=S)N1CC(=O)NCc1ccc(Cl)cc1. The Labute approximate surface area is 142 Å². The lowest BCUT2D eigenvalue weighted by atomic mass is 9.93. The van der Waals surface area contributed by atoms with Crippen LogP contribution in [0.5, 0.6) is 0 Å². The minimum atomic E-state index is -0.0364. The summed E-state index contributed by atoms with van der Waals surface area (Å²) in [5, 5.41) is 7.54. The number of benzene rings is 1. The van der Waals surface area contributed by atoms with Crippen molar-refractivity contribution in [2.45, 2.75) is 45.3 Å². The first-order valence-corrected chi connectivity index (χ1v) is 8.15. The third-order valence-corrected chi connectivity index (χ3v) is 4.35. The molecule has 2 rings (SSSR count). The van der Waals surface area contributed by atoms with E-state index in [0.717, 1.165) is 12.0 Å². The Morgan fingerprint density at radius 3 is 2.68 bits per heavy atom. The van der Waals surface area contributed by atoms with Crippen molar-refractivity contribution in [3.8, 4) is 0 Å². The second-order valence-electron chi connectivity index (χ2n) is 6.40. The van der Waals surface area contributed by atoms with E-state index >= 15 is 0 Å². The van der Waals surface area contributed by atoms with Crippen LogP contribution in [0.2, 0.25) is 5.02 Å². The zero-order valence-corrected chi connectivity index (χ0v) is 14.7. The third-order valence-electron chi connectivity index (χ3n) is 3.76. The Balaban J connectivity index is 1.86. The molecule has 1 amide bonds. The normalized spacial score (nSPS) is 20.5. The maximum absolute atomic E-state index is 12.1. The fraction of sp³-hybridized carbons (Fsp3) is 0.500. The minimum Gasteiger partial charge on any atom is -0.358 e. The number of amides is 1. The molecule has 22 heavy (non-hydrogen) atoms. The average molecular weight is 340 g/mol. The topological polar surface area (TPSA) is 44.4 Å². The van der Waals surface area contributed by atoms with Crippen LogP contribution in [-0.2, 0) is 11.3 Å². The standard InChI is InChI=1S/C16H22ClN3OS/c1-11-8-16(2,3)19-15(22)20(11)10-14(21)18-9-12-4-6-13(17)7-5-12/h4-7,11H,8-10H2,1-3H3,(H,18,21)(H,19,22)/t11-/m1/s1. The van der Waals surface area contributed by atoms with Gasteiger partial charge in [-0.15, -0.1) is 0 Å². The fourth-order valence-electron chi connectivity index (χ4n) is 2.70. The number of nitrogens with zero attached hydrogens (tertiary/aromatic N) is 1. The molecule has 1 aromatic carbocycles. The van der Waals surface area contributed by atoms with Crippen molar-refractivity contribution in [1.29, 1.82) is 0 Å². The van der Waals surface area contributed by atoms with Crippen LogP contribution < -0.4 is 10.6 Å². The number of rotatable bonds is 4. The monoisotopic (exact) mass is 339 g/mol. The molecule has 0 spiro atoms. The van der Waals surface area contributed by atoms with Crippen LogP contribution >= 0.6 is 23.8 Å². The van der Waals surface area contributed by atoms with E-state index in [2.05, 4.69) is 31.4 Å². The van der Waals surface area contributed by atoms with Gasteiger partial charge in [-0.25, -0.2) is 0 Å². The summed E-state index contributed by atoms with van der Waals surface area (Å²) < 4.78 is 0. The smallest absolute Gasteiger partial charge is 0.239 e. The first-order chi connectivity index (χ1) is 10.3. The van der Waals surface area contributed by atoms with Crippen molar-refractivity contribution in [2.24, 2.45) is 0 Å².